The average molecular weight is 390 g/mol. The van der Waals surface area contributed by atoms with Crippen molar-refractivity contribution in [3.8, 4) is 0 Å². The maximum Gasteiger partial charge on any atom is 0.201 e. The molecule has 0 aliphatic carbocycles. The Bertz CT molecular complexity index is 1010. The first-order valence-corrected chi connectivity index (χ1v) is 10.0. The van der Waals surface area contributed by atoms with Crippen LogP contribution in [0, 0.1) is 0 Å². The second-order valence-corrected chi connectivity index (χ2v) is 7.42. The number of β-amino-alcohol motifs (C(OH)–C–C–N with tert-alkyl or cyclic N) is 1. The maximum absolute atomic E-state index is 9.87. The molecule has 4 rings (SSSR count). The van der Waals surface area contributed by atoms with Crippen molar-refractivity contribution in [3.63, 3.8) is 0 Å². The van der Waals surface area contributed by atoms with E-state index in [1.54, 1.807) is 6.20 Å². The van der Waals surface area contributed by atoms with Gasteiger partial charge in [0, 0.05) is 36.6 Å². The van der Waals surface area contributed by atoms with Crippen molar-refractivity contribution in [1.82, 2.24) is 14.9 Å². The molecule has 0 spiro atoms. The van der Waals surface area contributed by atoms with E-state index < -0.39 is 0 Å². The van der Waals surface area contributed by atoms with Gasteiger partial charge in [-0.25, -0.2) is 10.0 Å². The molecule has 150 valence electrons. The minimum atomic E-state index is -0.260. The number of likely N-dealkylation sites (tertiary alicyclic amines) is 1. The highest BCUT2D eigenvalue weighted by Gasteiger charge is 2.22. The number of amidine groups is 1. The Morgan fingerprint density at radius 3 is 3.07 bits per heavy atom. The van der Waals surface area contributed by atoms with Crippen molar-refractivity contribution in [2.24, 2.45) is 15.3 Å². The second-order valence-electron chi connectivity index (χ2n) is 7.42. The summed E-state index contributed by atoms with van der Waals surface area (Å²) in [7, 11) is 0. The Hall–Kier alpha value is -3.06. The van der Waals surface area contributed by atoms with Crippen LogP contribution in [0.25, 0.3) is 10.9 Å². The molecule has 7 heteroatoms. The molecule has 2 aromatic rings. The van der Waals surface area contributed by atoms with E-state index in [0.717, 1.165) is 47.2 Å². The number of aliphatic imine (C=N–C) groups is 1. The molecule has 29 heavy (non-hydrogen) atoms. The highest BCUT2D eigenvalue weighted by atomic mass is 16.3. The lowest BCUT2D eigenvalue weighted by atomic mass is 10.1. The van der Waals surface area contributed by atoms with Crippen LogP contribution in [0.5, 0.6) is 0 Å². The van der Waals surface area contributed by atoms with Crippen molar-refractivity contribution >= 4 is 16.7 Å². The standard InChI is InChI=1S/C22H26N6O/c1-3-21-22(24-13-16(2)27-11-5-7-19(29)15-27)25-26-28(21)14-17-8-9-20-18(12-17)6-4-10-23-20/h3-4,6,8-10,12-13,19,29H,5,7,11,14-15H2,1-2H3/b16-13+,21-3?,24-22?/t19-/m0/s1. The van der Waals surface area contributed by atoms with E-state index >= 15 is 0 Å². The third-order valence-electron chi connectivity index (χ3n) is 5.30. The van der Waals surface area contributed by atoms with Crippen LogP contribution >= 0.6 is 0 Å². The lowest BCUT2D eigenvalue weighted by molar-refractivity contribution is 0.0879. The van der Waals surface area contributed by atoms with Gasteiger partial charge in [-0.05, 0) is 50.5 Å². The van der Waals surface area contributed by atoms with Gasteiger partial charge in [-0.1, -0.05) is 23.4 Å². The predicted octanol–water partition coefficient (Wildman–Crippen LogP) is 4.04. The Morgan fingerprint density at radius 2 is 2.24 bits per heavy atom. The molecule has 1 saturated heterocycles. The zero-order valence-electron chi connectivity index (χ0n) is 16.9. The lowest BCUT2D eigenvalue weighted by Crippen LogP contribution is -2.36. The molecule has 1 N–H and O–H groups in total. The fourth-order valence-electron chi connectivity index (χ4n) is 3.71. The number of nitrogens with zero attached hydrogens (tertiary/aromatic N) is 6. The number of aromatic nitrogens is 1. The zero-order chi connectivity index (χ0) is 20.2. The largest absolute Gasteiger partial charge is 0.391 e. The summed E-state index contributed by atoms with van der Waals surface area (Å²) in [6.45, 7) is 6.22. The molecule has 7 nitrogen and oxygen atoms in total. The number of hydrogen-bond donors (Lipinski definition) is 1. The Kier molecular flexibility index (Phi) is 5.67. The molecule has 2 aliphatic rings. The van der Waals surface area contributed by atoms with Gasteiger partial charge in [-0.3, -0.25) is 4.98 Å². The summed E-state index contributed by atoms with van der Waals surface area (Å²) < 4.78 is 0. The van der Waals surface area contributed by atoms with Crippen molar-refractivity contribution in [2.75, 3.05) is 13.1 Å². The van der Waals surface area contributed by atoms with E-state index in [2.05, 4.69) is 43.4 Å². The molecular formula is C22H26N6O. The highest BCUT2D eigenvalue weighted by molar-refractivity contribution is 5.99. The number of rotatable bonds is 4. The number of fused-ring (bicyclic) bond motifs is 1. The van der Waals surface area contributed by atoms with Crippen molar-refractivity contribution in [1.29, 1.82) is 0 Å². The molecule has 3 heterocycles. The van der Waals surface area contributed by atoms with Crippen LogP contribution in [0.4, 0.5) is 0 Å². The molecular weight excluding hydrogens is 364 g/mol. The van der Waals surface area contributed by atoms with Crippen LogP contribution in [0.2, 0.25) is 0 Å². The fourth-order valence-corrected chi connectivity index (χ4v) is 3.71. The average Bonchev–Trinajstić information content (AvgIpc) is 3.13. The number of piperidine rings is 1. The van der Waals surface area contributed by atoms with Gasteiger partial charge in [0.25, 0.3) is 0 Å². The van der Waals surface area contributed by atoms with Gasteiger partial charge >= 0.3 is 0 Å². The van der Waals surface area contributed by atoms with E-state index in [0.29, 0.717) is 18.9 Å². The molecule has 0 radical (unpaired) electrons. The van der Waals surface area contributed by atoms with Crippen molar-refractivity contribution in [3.05, 3.63) is 65.8 Å². The monoisotopic (exact) mass is 390 g/mol. The number of benzene rings is 1. The third kappa shape index (κ3) is 4.35. The first-order valence-electron chi connectivity index (χ1n) is 10.0. The quantitative estimate of drug-likeness (QED) is 0.855. The van der Waals surface area contributed by atoms with Crippen LogP contribution in [0.3, 0.4) is 0 Å². The smallest absolute Gasteiger partial charge is 0.201 e. The van der Waals surface area contributed by atoms with Gasteiger partial charge in [0.1, 0.15) is 5.70 Å². The van der Waals surface area contributed by atoms with Gasteiger partial charge < -0.3 is 10.0 Å². The number of pyridine rings is 1. The Balaban J connectivity index is 1.48. The molecule has 0 amide bonds. The molecule has 2 aliphatic heterocycles. The normalized spacial score (nSPS) is 23.0. The van der Waals surface area contributed by atoms with E-state index in [4.69, 9.17) is 0 Å². The molecule has 0 saturated carbocycles. The van der Waals surface area contributed by atoms with E-state index in [1.165, 1.54) is 0 Å². The molecule has 0 bridgehead atoms. The summed E-state index contributed by atoms with van der Waals surface area (Å²) in [6, 6.07) is 10.2. The molecule has 1 aromatic carbocycles. The highest BCUT2D eigenvalue weighted by Crippen LogP contribution is 2.23. The number of aliphatic hydroxyl groups is 1. The van der Waals surface area contributed by atoms with Crippen LogP contribution in [0.15, 0.2) is 75.5 Å². The maximum atomic E-state index is 9.87. The summed E-state index contributed by atoms with van der Waals surface area (Å²) in [5, 5.41) is 21.4. The van der Waals surface area contributed by atoms with E-state index in [-0.39, 0.29) is 6.10 Å². The topological polar surface area (TPSA) is 76.7 Å². The number of allylic oxidation sites excluding steroid dienone is 2. The van der Waals surface area contributed by atoms with Gasteiger partial charge in [-0.15, -0.1) is 5.11 Å². The minimum Gasteiger partial charge on any atom is -0.391 e. The Labute approximate surface area is 170 Å². The first kappa shape index (κ1) is 19.3. The molecule has 1 fully saturated rings. The van der Waals surface area contributed by atoms with Gasteiger partial charge in [0.05, 0.1) is 18.2 Å². The van der Waals surface area contributed by atoms with Crippen LogP contribution in [-0.2, 0) is 6.54 Å². The molecule has 1 aromatic heterocycles. The van der Waals surface area contributed by atoms with Crippen molar-refractivity contribution in [2.45, 2.75) is 39.3 Å². The van der Waals surface area contributed by atoms with Gasteiger partial charge in [0.2, 0.25) is 5.84 Å². The summed E-state index contributed by atoms with van der Waals surface area (Å²) >= 11 is 0. The summed E-state index contributed by atoms with van der Waals surface area (Å²) in [5.74, 6) is 0.604. The summed E-state index contributed by atoms with van der Waals surface area (Å²) in [5.41, 5.74) is 4.04. The van der Waals surface area contributed by atoms with Crippen molar-refractivity contribution < 1.29 is 5.11 Å². The number of aliphatic hydroxyl groups excluding tert-OH is 1. The molecule has 0 unspecified atom stereocenters. The lowest BCUT2D eigenvalue weighted by Gasteiger charge is -2.32. The third-order valence-corrected chi connectivity index (χ3v) is 5.30. The Morgan fingerprint density at radius 1 is 1.34 bits per heavy atom. The van der Waals surface area contributed by atoms with E-state index in [9.17, 15) is 5.11 Å². The minimum absolute atomic E-state index is 0.260. The number of hydrogen-bond acceptors (Lipinski definition) is 6. The first-order chi connectivity index (χ1) is 14.1. The van der Waals surface area contributed by atoms with Crippen LogP contribution in [-0.4, -0.2) is 45.0 Å². The zero-order valence-corrected chi connectivity index (χ0v) is 16.9. The van der Waals surface area contributed by atoms with E-state index in [1.807, 2.05) is 43.3 Å². The van der Waals surface area contributed by atoms with Crippen LogP contribution in [0.1, 0.15) is 32.3 Å². The second kappa shape index (κ2) is 8.53. The molecule has 1 atom stereocenters. The van der Waals surface area contributed by atoms with Gasteiger partial charge in [0.15, 0.2) is 0 Å². The summed E-state index contributed by atoms with van der Waals surface area (Å²) in [4.78, 5) is 11.1. The SMILES string of the molecule is CC=C1C(=N/C=C(\C)N2CCC[C@H](O)C2)N=NN1Cc1ccc2ncccc2c1. The van der Waals surface area contributed by atoms with Crippen LogP contribution < -0.4 is 0 Å². The van der Waals surface area contributed by atoms with Gasteiger partial charge in [-0.2, -0.15) is 0 Å². The fraction of sp³-hybridized carbons (Fsp3) is 0.364. The summed E-state index contributed by atoms with van der Waals surface area (Å²) in [6.07, 6.45) is 7.21. The predicted molar refractivity (Wildman–Crippen MR) is 114 cm³/mol.